The molecule has 70 valence electrons. The van der Waals surface area contributed by atoms with Gasteiger partial charge in [-0.15, -0.1) is 0 Å². The van der Waals surface area contributed by atoms with Crippen molar-refractivity contribution < 1.29 is 9.18 Å². The maximum Gasteiger partial charge on any atom is 0.143 e. The van der Waals surface area contributed by atoms with Crippen LogP contribution in [0.1, 0.15) is 12.5 Å². The molecule has 0 heterocycles. The summed E-state index contributed by atoms with van der Waals surface area (Å²) in [5.41, 5.74) is 0.831. The van der Waals surface area contributed by atoms with Crippen LogP contribution in [-0.2, 0) is 11.2 Å². The molecule has 0 aliphatic rings. The van der Waals surface area contributed by atoms with Crippen molar-refractivity contribution in [2.24, 2.45) is 0 Å². The Hall–Kier alpha value is -0.700. The Kier molecular flexibility index (Phi) is 3.60. The van der Waals surface area contributed by atoms with E-state index in [9.17, 15) is 9.18 Å². The first-order valence-corrected chi connectivity index (χ1v) is 4.90. The van der Waals surface area contributed by atoms with Gasteiger partial charge in [0.15, 0.2) is 0 Å². The van der Waals surface area contributed by atoms with Crippen molar-refractivity contribution >= 4 is 21.7 Å². The van der Waals surface area contributed by atoms with Gasteiger partial charge in [-0.1, -0.05) is 28.1 Å². The zero-order valence-electron chi connectivity index (χ0n) is 7.26. The Balaban J connectivity index is 2.69. The van der Waals surface area contributed by atoms with Crippen molar-refractivity contribution in [1.82, 2.24) is 0 Å². The monoisotopic (exact) mass is 244 g/mol. The van der Waals surface area contributed by atoms with E-state index in [-0.39, 0.29) is 16.4 Å². The fourth-order valence-corrected chi connectivity index (χ4v) is 1.39. The molecule has 0 fully saturated rings. The molecule has 13 heavy (non-hydrogen) atoms. The molecule has 0 N–H and O–H groups in total. The quantitative estimate of drug-likeness (QED) is 0.748. The Morgan fingerprint density at radius 2 is 2.31 bits per heavy atom. The number of benzene rings is 1. The van der Waals surface area contributed by atoms with Crippen LogP contribution in [-0.4, -0.2) is 10.6 Å². The second kappa shape index (κ2) is 4.51. The SMILES string of the molecule is CC(=O)C(Br)Cc1cccc(F)c1. The number of hydrogen-bond donors (Lipinski definition) is 0. The average molecular weight is 245 g/mol. The Morgan fingerprint density at radius 3 is 2.85 bits per heavy atom. The van der Waals surface area contributed by atoms with Crippen LogP contribution >= 0.6 is 15.9 Å². The molecule has 0 saturated heterocycles. The topological polar surface area (TPSA) is 17.1 Å². The molecule has 0 spiro atoms. The maximum absolute atomic E-state index is 12.7. The summed E-state index contributed by atoms with van der Waals surface area (Å²) >= 11 is 3.23. The van der Waals surface area contributed by atoms with Crippen molar-refractivity contribution in [3.8, 4) is 0 Å². The normalized spacial score (nSPS) is 12.5. The van der Waals surface area contributed by atoms with Crippen molar-refractivity contribution in [2.45, 2.75) is 18.2 Å². The molecule has 0 bridgehead atoms. The van der Waals surface area contributed by atoms with Crippen LogP contribution in [0.25, 0.3) is 0 Å². The zero-order chi connectivity index (χ0) is 9.84. The van der Waals surface area contributed by atoms with E-state index in [0.29, 0.717) is 6.42 Å². The number of halogens is 2. The number of ketones is 1. The van der Waals surface area contributed by atoms with E-state index in [4.69, 9.17) is 0 Å². The highest BCUT2D eigenvalue weighted by atomic mass is 79.9. The second-order valence-corrected chi connectivity index (χ2v) is 4.02. The van der Waals surface area contributed by atoms with E-state index in [1.807, 2.05) is 0 Å². The van der Waals surface area contributed by atoms with Crippen LogP contribution in [0.4, 0.5) is 4.39 Å². The summed E-state index contributed by atoms with van der Waals surface area (Å²) in [4.78, 5) is 10.7. The van der Waals surface area contributed by atoms with E-state index >= 15 is 0 Å². The fourth-order valence-electron chi connectivity index (χ4n) is 1.01. The molecular formula is C10H10BrFO. The van der Waals surface area contributed by atoms with Gasteiger partial charge in [0.05, 0.1) is 4.83 Å². The number of hydrogen-bond acceptors (Lipinski definition) is 1. The van der Waals surface area contributed by atoms with Gasteiger partial charge < -0.3 is 0 Å². The minimum atomic E-state index is -0.263. The first-order chi connectivity index (χ1) is 6.09. The summed E-state index contributed by atoms with van der Waals surface area (Å²) in [7, 11) is 0. The molecule has 1 aromatic rings. The van der Waals surface area contributed by atoms with Crippen LogP contribution < -0.4 is 0 Å². The predicted octanol–water partition coefficient (Wildman–Crippen LogP) is 2.72. The highest BCUT2D eigenvalue weighted by Gasteiger charge is 2.10. The standard InChI is InChI=1S/C10H10BrFO/c1-7(13)10(11)6-8-3-2-4-9(12)5-8/h2-5,10H,6H2,1H3. The lowest BCUT2D eigenvalue weighted by Gasteiger charge is -2.05. The fraction of sp³-hybridized carbons (Fsp3) is 0.300. The van der Waals surface area contributed by atoms with Crippen LogP contribution in [0.2, 0.25) is 0 Å². The lowest BCUT2D eigenvalue weighted by atomic mass is 10.1. The minimum Gasteiger partial charge on any atom is -0.299 e. The van der Waals surface area contributed by atoms with E-state index in [1.54, 1.807) is 12.1 Å². The Bertz CT molecular complexity index is 312. The molecule has 1 unspecified atom stereocenters. The molecule has 0 aliphatic heterocycles. The molecule has 0 amide bonds. The maximum atomic E-state index is 12.7. The highest BCUT2D eigenvalue weighted by molar-refractivity contribution is 9.10. The van der Waals surface area contributed by atoms with Crippen molar-refractivity contribution in [3.05, 3.63) is 35.6 Å². The summed E-state index contributed by atoms with van der Waals surface area (Å²) in [6, 6.07) is 6.28. The van der Waals surface area contributed by atoms with Crippen LogP contribution in [0.15, 0.2) is 24.3 Å². The van der Waals surface area contributed by atoms with Crippen LogP contribution in [0, 0.1) is 5.82 Å². The Labute approximate surface area is 85.1 Å². The number of carbonyl (C=O) groups excluding carboxylic acids is 1. The average Bonchev–Trinajstić information content (AvgIpc) is 2.04. The van der Waals surface area contributed by atoms with E-state index < -0.39 is 0 Å². The largest absolute Gasteiger partial charge is 0.299 e. The van der Waals surface area contributed by atoms with Crippen molar-refractivity contribution in [1.29, 1.82) is 0 Å². The lowest BCUT2D eigenvalue weighted by Crippen LogP contribution is -2.12. The third kappa shape index (κ3) is 3.27. The van der Waals surface area contributed by atoms with Gasteiger partial charge in [-0.2, -0.15) is 0 Å². The molecule has 1 rings (SSSR count). The highest BCUT2D eigenvalue weighted by Crippen LogP contribution is 2.11. The molecule has 1 aromatic carbocycles. The molecule has 0 aromatic heterocycles. The van der Waals surface area contributed by atoms with E-state index in [0.717, 1.165) is 5.56 Å². The number of rotatable bonds is 3. The molecule has 1 atom stereocenters. The number of alkyl halides is 1. The molecule has 0 saturated carbocycles. The van der Waals surface area contributed by atoms with E-state index in [2.05, 4.69) is 15.9 Å². The zero-order valence-corrected chi connectivity index (χ0v) is 8.84. The summed E-state index contributed by atoms with van der Waals surface area (Å²) in [5.74, 6) is -0.204. The van der Waals surface area contributed by atoms with Gasteiger partial charge in [0.2, 0.25) is 0 Å². The summed E-state index contributed by atoms with van der Waals surface area (Å²) in [6.45, 7) is 1.51. The summed E-state index contributed by atoms with van der Waals surface area (Å²) < 4.78 is 12.7. The first kappa shape index (κ1) is 10.4. The van der Waals surface area contributed by atoms with Crippen LogP contribution in [0.5, 0.6) is 0 Å². The van der Waals surface area contributed by atoms with Crippen molar-refractivity contribution in [2.75, 3.05) is 0 Å². The second-order valence-electron chi connectivity index (χ2n) is 2.91. The molecule has 3 heteroatoms. The minimum absolute atomic E-state index is 0.0595. The lowest BCUT2D eigenvalue weighted by molar-refractivity contribution is -0.116. The third-order valence-corrected chi connectivity index (χ3v) is 2.71. The predicted molar refractivity (Wildman–Crippen MR) is 53.5 cm³/mol. The third-order valence-electron chi connectivity index (χ3n) is 1.75. The van der Waals surface area contributed by atoms with E-state index in [1.165, 1.54) is 19.1 Å². The van der Waals surface area contributed by atoms with Gasteiger partial charge in [0.1, 0.15) is 11.6 Å². The molecule has 0 radical (unpaired) electrons. The van der Waals surface area contributed by atoms with Gasteiger partial charge in [0, 0.05) is 0 Å². The van der Waals surface area contributed by atoms with Gasteiger partial charge >= 0.3 is 0 Å². The van der Waals surface area contributed by atoms with Gasteiger partial charge in [-0.25, -0.2) is 4.39 Å². The van der Waals surface area contributed by atoms with Crippen LogP contribution in [0.3, 0.4) is 0 Å². The Morgan fingerprint density at radius 1 is 1.62 bits per heavy atom. The summed E-state index contributed by atoms with van der Waals surface area (Å²) in [5, 5.41) is 0. The van der Waals surface area contributed by atoms with Gasteiger partial charge in [0.25, 0.3) is 0 Å². The molecular weight excluding hydrogens is 235 g/mol. The van der Waals surface area contributed by atoms with Gasteiger partial charge in [-0.3, -0.25) is 4.79 Å². The number of carbonyl (C=O) groups is 1. The molecule has 1 nitrogen and oxygen atoms in total. The number of Topliss-reactive ketones (excluding diaryl/α,β-unsaturated/α-hetero) is 1. The first-order valence-electron chi connectivity index (χ1n) is 3.98. The summed E-state index contributed by atoms with van der Waals surface area (Å²) in [6.07, 6.45) is 0.535. The smallest absolute Gasteiger partial charge is 0.143 e. The molecule has 0 aliphatic carbocycles. The van der Waals surface area contributed by atoms with Crippen molar-refractivity contribution in [3.63, 3.8) is 0 Å². The van der Waals surface area contributed by atoms with Gasteiger partial charge in [-0.05, 0) is 31.0 Å².